The number of hydrogen-bond donors (Lipinski definition) is 1. The predicted octanol–water partition coefficient (Wildman–Crippen LogP) is 3.11. The molecule has 0 aromatic heterocycles. The summed E-state index contributed by atoms with van der Waals surface area (Å²) in [6.45, 7) is 2.76. The molecule has 3 heteroatoms. The summed E-state index contributed by atoms with van der Waals surface area (Å²) in [5.41, 5.74) is 1.80. The summed E-state index contributed by atoms with van der Waals surface area (Å²) in [5, 5.41) is 3.47. The largest absolute Gasteiger partial charge is 0.496 e. The van der Waals surface area contributed by atoms with Crippen LogP contribution in [0.3, 0.4) is 0 Å². The molecule has 1 aromatic rings. The molecule has 3 nitrogen and oxygen atoms in total. The lowest BCUT2D eigenvalue weighted by molar-refractivity contribution is 0.0978. The quantitative estimate of drug-likeness (QED) is 0.800. The minimum Gasteiger partial charge on any atom is -0.496 e. The van der Waals surface area contributed by atoms with Crippen molar-refractivity contribution in [3.8, 4) is 5.75 Å². The average molecular weight is 261 g/mol. The highest BCUT2D eigenvalue weighted by Gasteiger charge is 2.16. The first-order valence-corrected chi connectivity index (χ1v) is 7.12. The molecule has 1 N–H and O–H groups in total. The fourth-order valence-corrected chi connectivity index (χ4v) is 2.69. The van der Waals surface area contributed by atoms with Crippen LogP contribution in [0.1, 0.15) is 48.0 Å². The van der Waals surface area contributed by atoms with Crippen LogP contribution in [0.2, 0.25) is 0 Å². The molecule has 19 heavy (non-hydrogen) atoms. The van der Waals surface area contributed by atoms with Crippen LogP contribution in [-0.4, -0.2) is 25.5 Å². The minimum absolute atomic E-state index is 0.158. The van der Waals surface area contributed by atoms with Crippen LogP contribution in [0, 0.1) is 6.92 Å². The second-order valence-corrected chi connectivity index (χ2v) is 5.31. The summed E-state index contributed by atoms with van der Waals surface area (Å²) in [6, 6.07) is 6.36. The van der Waals surface area contributed by atoms with Gasteiger partial charge in [-0.05, 0) is 31.9 Å². The van der Waals surface area contributed by atoms with Gasteiger partial charge in [0.15, 0.2) is 5.78 Å². The minimum atomic E-state index is 0.158. The van der Waals surface area contributed by atoms with E-state index < -0.39 is 0 Å². The number of methoxy groups -OCH3 is 1. The van der Waals surface area contributed by atoms with Crippen molar-refractivity contribution in [2.45, 2.75) is 45.1 Å². The van der Waals surface area contributed by atoms with Crippen molar-refractivity contribution in [3.05, 3.63) is 29.3 Å². The van der Waals surface area contributed by atoms with Crippen LogP contribution in [0.15, 0.2) is 18.2 Å². The highest BCUT2D eigenvalue weighted by atomic mass is 16.5. The summed E-state index contributed by atoms with van der Waals surface area (Å²) >= 11 is 0. The molecular formula is C16H23NO2. The van der Waals surface area contributed by atoms with Crippen molar-refractivity contribution in [3.63, 3.8) is 0 Å². The van der Waals surface area contributed by atoms with Gasteiger partial charge in [0.1, 0.15) is 5.75 Å². The Bertz CT molecular complexity index is 436. The first kappa shape index (κ1) is 14.1. The van der Waals surface area contributed by atoms with E-state index in [9.17, 15) is 4.79 Å². The van der Waals surface area contributed by atoms with Gasteiger partial charge in [0.05, 0.1) is 12.7 Å². The van der Waals surface area contributed by atoms with Crippen molar-refractivity contribution in [1.82, 2.24) is 5.32 Å². The number of nitrogens with one attached hydrogen (secondary N) is 1. The number of ketones is 1. The maximum atomic E-state index is 12.2. The van der Waals surface area contributed by atoms with Crippen LogP contribution < -0.4 is 10.1 Å². The lowest BCUT2D eigenvalue weighted by Gasteiger charge is -2.12. The highest BCUT2D eigenvalue weighted by Crippen LogP contribution is 2.21. The monoisotopic (exact) mass is 261 g/mol. The molecule has 1 aromatic carbocycles. The molecule has 0 atom stereocenters. The molecule has 2 rings (SSSR count). The molecule has 0 spiro atoms. The summed E-state index contributed by atoms with van der Waals surface area (Å²) in [5.74, 6) is 0.836. The Morgan fingerprint density at radius 1 is 1.37 bits per heavy atom. The zero-order valence-corrected chi connectivity index (χ0v) is 11.9. The molecule has 0 radical (unpaired) electrons. The fourth-order valence-electron chi connectivity index (χ4n) is 2.69. The van der Waals surface area contributed by atoms with E-state index in [-0.39, 0.29) is 5.78 Å². The first-order valence-electron chi connectivity index (χ1n) is 7.12. The lowest BCUT2D eigenvalue weighted by Crippen LogP contribution is -2.28. The first-order chi connectivity index (χ1) is 9.20. The number of carbonyl (C=O) groups excluding carboxylic acids is 1. The van der Waals surface area contributed by atoms with Gasteiger partial charge in [-0.2, -0.15) is 0 Å². The fraction of sp³-hybridized carbons (Fsp3) is 0.562. The molecule has 0 aliphatic heterocycles. The standard InChI is InChI=1S/C16H23NO2/c1-12-7-8-16(19-2)14(11-12)15(18)9-10-17-13-5-3-4-6-13/h7-8,11,13,17H,3-6,9-10H2,1-2H3. The third-order valence-corrected chi connectivity index (χ3v) is 3.80. The number of aryl methyl sites for hydroxylation is 1. The van der Waals surface area contributed by atoms with Gasteiger partial charge in [-0.1, -0.05) is 24.5 Å². The van der Waals surface area contributed by atoms with E-state index in [0.717, 1.165) is 12.1 Å². The van der Waals surface area contributed by atoms with Crippen LogP contribution in [-0.2, 0) is 0 Å². The molecular weight excluding hydrogens is 238 g/mol. The Labute approximate surface area is 115 Å². The van der Waals surface area contributed by atoms with E-state index in [2.05, 4.69) is 5.32 Å². The molecule has 0 bridgehead atoms. The van der Waals surface area contributed by atoms with Gasteiger partial charge < -0.3 is 10.1 Å². The van der Waals surface area contributed by atoms with E-state index in [1.807, 2.05) is 25.1 Å². The maximum absolute atomic E-state index is 12.2. The molecule has 1 aliphatic rings. The van der Waals surface area contributed by atoms with Crippen molar-refractivity contribution in [2.24, 2.45) is 0 Å². The van der Waals surface area contributed by atoms with E-state index in [4.69, 9.17) is 4.74 Å². The van der Waals surface area contributed by atoms with Crippen molar-refractivity contribution in [2.75, 3.05) is 13.7 Å². The SMILES string of the molecule is COc1ccc(C)cc1C(=O)CCNC1CCCC1. The van der Waals surface area contributed by atoms with Crippen molar-refractivity contribution >= 4 is 5.78 Å². The molecule has 0 saturated heterocycles. The predicted molar refractivity (Wildman–Crippen MR) is 76.9 cm³/mol. The van der Waals surface area contributed by atoms with E-state index in [1.165, 1.54) is 25.7 Å². The van der Waals surface area contributed by atoms with Crippen molar-refractivity contribution in [1.29, 1.82) is 0 Å². The Morgan fingerprint density at radius 3 is 2.79 bits per heavy atom. The van der Waals surface area contributed by atoms with Gasteiger partial charge in [-0.25, -0.2) is 0 Å². The third-order valence-electron chi connectivity index (χ3n) is 3.80. The van der Waals surface area contributed by atoms with Gasteiger partial charge >= 0.3 is 0 Å². The van der Waals surface area contributed by atoms with E-state index in [1.54, 1.807) is 7.11 Å². The number of hydrogen-bond acceptors (Lipinski definition) is 3. The Balaban J connectivity index is 1.89. The van der Waals surface area contributed by atoms with E-state index in [0.29, 0.717) is 23.8 Å². The van der Waals surface area contributed by atoms with Crippen LogP contribution in [0.25, 0.3) is 0 Å². The van der Waals surface area contributed by atoms with Gasteiger partial charge in [-0.3, -0.25) is 4.79 Å². The maximum Gasteiger partial charge on any atom is 0.167 e. The zero-order chi connectivity index (χ0) is 13.7. The smallest absolute Gasteiger partial charge is 0.167 e. The summed E-state index contributed by atoms with van der Waals surface area (Å²) < 4.78 is 5.26. The number of benzene rings is 1. The zero-order valence-electron chi connectivity index (χ0n) is 11.9. The second kappa shape index (κ2) is 6.71. The lowest BCUT2D eigenvalue weighted by atomic mass is 10.0. The second-order valence-electron chi connectivity index (χ2n) is 5.31. The van der Waals surface area contributed by atoms with Crippen LogP contribution in [0.5, 0.6) is 5.75 Å². The highest BCUT2D eigenvalue weighted by molar-refractivity contribution is 5.98. The number of carbonyl (C=O) groups is 1. The van der Waals surface area contributed by atoms with Gasteiger partial charge in [0.25, 0.3) is 0 Å². The summed E-state index contributed by atoms with van der Waals surface area (Å²) in [4.78, 5) is 12.2. The van der Waals surface area contributed by atoms with E-state index >= 15 is 0 Å². The Hall–Kier alpha value is -1.35. The van der Waals surface area contributed by atoms with Crippen molar-refractivity contribution < 1.29 is 9.53 Å². The average Bonchev–Trinajstić information content (AvgIpc) is 2.91. The van der Waals surface area contributed by atoms with Crippen LogP contribution in [0.4, 0.5) is 0 Å². The molecule has 1 aliphatic carbocycles. The van der Waals surface area contributed by atoms with Gasteiger partial charge in [0.2, 0.25) is 0 Å². The number of Topliss-reactive ketones (excluding diaryl/α,β-unsaturated/α-hetero) is 1. The van der Waals surface area contributed by atoms with Gasteiger partial charge in [0, 0.05) is 19.0 Å². The molecule has 0 heterocycles. The molecule has 0 unspecified atom stereocenters. The molecule has 0 amide bonds. The molecule has 1 saturated carbocycles. The molecule has 104 valence electrons. The number of rotatable bonds is 6. The third kappa shape index (κ3) is 3.80. The Kier molecular flexibility index (Phi) is 4.97. The Morgan fingerprint density at radius 2 is 2.11 bits per heavy atom. The number of ether oxygens (including phenoxy) is 1. The summed E-state index contributed by atoms with van der Waals surface area (Å²) in [7, 11) is 1.61. The normalized spacial score (nSPS) is 15.7. The summed E-state index contributed by atoms with van der Waals surface area (Å²) in [6.07, 6.45) is 5.68. The van der Waals surface area contributed by atoms with Crippen LogP contribution >= 0.6 is 0 Å². The molecule has 1 fully saturated rings. The van der Waals surface area contributed by atoms with Gasteiger partial charge in [-0.15, -0.1) is 0 Å². The topological polar surface area (TPSA) is 38.3 Å².